The first-order valence-electron chi connectivity index (χ1n) is 4.90. The Labute approximate surface area is 98.2 Å². The van der Waals surface area contributed by atoms with Gasteiger partial charge in [0.15, 0.2) is 0 Å². The highest BCUT2D eigenvalue weighted by Crippen LogP contribution is 2.27. The summed E-state index contributed by atoms with van der Waals surface area (Å²) < 4.78 is 0. The maximum Gasteiger partial charge on any atom is 0.246 e. The minimum atomic E-state index is -0.297. The molecule has 0 atom stereocenters. The number of anilines is 1. The van der Waals surface area contributed by atoms with Crippen LogP contribution in [0.5, 0.6) is 0 Å². The molecule has 0 bridgehead atoms. The number of piperazine rings is 1. The summed E-state index contributed by atoms with van der Waals surface area (Å²) in [6, 6.07) is 5.52. The monoisotopic (exact) mass is 238 g/mol. The van der Waals surface area contributed by atoms with Crippen LogP contribution in [0.15, 0.2) is 18.2 Å². The SMILES string of the molecule is Cc1ccc(Cl)c(N2CC(=O)NC(=O)C2)c1. The van der Waals surface area contributed by atoms with Crippen LogP contribution >= 0.6 is 11.6 Å². The van der Waals surface area contributed by atoms with Gasteiger partial charge in [-0.15, -0.1) is 0 Å². The third-order valence-electron chi connectivity index (χ3n) is 2.39. The number of imide groups is 1. The Morgan fingerprint density at radius 1 is 1.25 bits per heavy atom. The van der Waals surface area contributed by atoms with E-state index in [1.165, 1.54) is 0 Å². The Morgan fingerprint density at radius 3 is 2.50 bits per heavy atom. The second-order valence-corrected chi connectivity index (χ2v) is 4.19. The zero-order chi connectivity index (χ0) is 11.7. The predicted molar refractivity (Wildman–Crippen MR) is 61.6 cm³/mol. The third-order valence-corrected chi connectivity index (χ3v) is 2.71. The van der Waals surface area contributed by atoms with Gasteiger partial charge in [-0.3, -0.25) is 14.9 Å². The molecule has 0 spiro atoms. The number of carbonyl (C=O) groups is 2. The van der Waals surface area contributed by atoms with Crippen molar-refractivity contribution in [2.75, 3.05) is 18.0 Å². The number of nitrogens with one attached hydrogen (secondary N) is 1. The van der Waals surface area contributed by atoms with Crippen LogP contribution < -0.4 is 10.2 Å². The Hall–Kier alpha value is -1.55. The maximum absolute atomic E-state index is 11.2. The lowest BCUT2D eigenvalue weighted by molar-refractivity contribution is -0.130. The number of benzene rings is 1. The number of nitrogens with zero attached hydrogens (tertiary/aromatic N) is 1. The van der Waals surface area contributed by atoms with Crippen LogP contribution in [-0.4, -0.2) is 24.9 Å². The van der Waals surface area contributed by atoms with Crippen molar-refractivity contribution in [2.45, 2.75) is 6.92 Å². The number of carbonyl (C=O) groups excluding carboxylic acids is 2. The largest absolute Gasteiger partial charge is 0.352 e. The minimum Gasteiger partial charge on any atom is -0.352 e. The second kappa shape index (κ2) is 4.14. The topological polar surface area (TPSA) is 49.4 Å². The van der Waals surface area contributed by atoms with E-state index in [2.05, 4.69) is 5.32 Å². The lowest BCUT2D eigenvalue weighted by atomic mass is 10.2. The summed E-state index contributed by atoms with van der Waals surface area (Å²) >= 11 is 6.04. The van der Waals surface area contributed by atoms with Crippen molar-refractivity contribution in [3.8, 4) is 0 Å². The predicted octanol–water partition coefficient (Wildman–Crippen LogP) is 1.11. The van der Waals surface area contributed by atoms with Crippen molar-refractivity contribution in [3.05, 3.63) is 28.8 Å². The number of hydrogen-bond donors (Lipinski definition) is 1. The van der Waals surface area contributed by atoms with Crippen LogP contribution in [-0.2, 0) is 9.59 Å². The van der Waals surface area contributed by atoms with Crippen LogP contribution in [0.1, 0.15) is 5.56 Å². The van der Waals surface area contributed by atoms with Gasteiger partial charge in [-0.1, -0.05) is 17.7 Å². The zero-order valence-electron chi connectivity index (χ0n) is 8.79. The van der Waals surface area contributed by atoms with Crippen LogP contribution in [0.3, 0.4) is 0 Å². The standard InChI is InChI=1S/C11H11ClN2O2/c1-7-2-3-8(12)9(4-7)14-5-10(15)13-11(16)6-14/h2-4H,5-6H2,1H3,(H,13,15,16). The average molecular weight is 239 g/mol. The van der Waals surface area contributed by atoms with Gasteiger partial charge in [-0.2, -0.15) is 0 Å². The molecule has 0 aliphatic carbocycles. The van der Waals surface area contributed by atoms with Crippen molar-refractivity contribution < 1.29 is 9.59 Å². The fourth-order valence-electron chi connectivity index (χ4n) is 1.67. The van der Waals surface area contributed by atoms with Gasteiger partial charge in [0.2, 0.25) is 11.8 Å². The van der Waals surface area contributed by atoms with Crippen molar-refractivity contribution in [1.29, 1.82) is 0 Å². The molecular weight excluding hydrogens is 228 g/mol. The summed E-state index contributed by atoms with van der Waals surface area (Å²) in [5.41, 5.74) is 1.77. The zero-order valence-corrected chi connectivity index (χ0v) is 9.54. The molecule has 0 unspecified atom stereocenters. The molecule has 0 aromatic heterocycles. The molecule has 1 saturated heterocycles. The molecule has 84 valence electrons. The Bertz CT molecular complexity index is 443. The third kappa shape index (κ3) is 2.17. The van der Waals surface area contributed by atoms with Crippen LogP contribution in [0.2, 0.25) is 5.02 Å². The van der Waals surface area contributed by atoms with E-state index in [1.807, 2.05) is 19.1 Å². The summed E-state index contributed by atoms with van der Waals surface area (Å²) in [7, 11) is 0. The fraction of sp³-hybridized carbons (Fsp3) is 0.273. The van der Waals surface area contributed by atoms with Crippen molar-refractivity contribution in [3.63, 3.8) is 0 Å². The lowest BCUT2D eigenvalue weighted by Crippen LogP contribution is -2.51. The van der Waals surface area contributed by atoms with Crippen molar-refractivity contribution in [1.82, 2.24) is 5.32 Å². The summed E-state index contributed by atoms with van der Waals surface area (Å²) in [5, 5.41) is 2.80. The molecule has 1 heterocycles. The average Bonchev–Trinajstić information content (AvgIpc) is 2.20. The molecule has 4 nitrogen and oxygen atoms in total. The number of aryl methyl sites for hydroxylation is 1. The molecule has 1 aromatic rings. The molecule has 1 aliphatic heterocycles. The van der Waals surface area contributed by atoms with Crippen LogP contribution in [0.25, 0.3) is 0 Å². The summed E-state index contributed by atoms with van der Waals surface area (Å²) in [4.78, 5) is 24.2. The van der Waals surface area contributed by atoms with E-state index < -0.39 is 0 Å². The number of rotatable bonds is 1. The van der Waals surface area contributed by atoms with Gasteiger partial charge >= 0.3 is 0 Å². The number of halogens is 1. The van der Waals surface area contributed by atoms with Crippen molar-refractivity contribution >= 4 is 29.1 Å². The highest BCUT2D eigenvalue weighted by Gasteiger charge is 2.23. The van der Waals surface area contributed by atoms with Gasteiger partial charge in [0.1, 0.15) is 0 Å². The van der Waals surface area contributed by atoms with Gasteiger partial charge in [-0.05, 0) is 24.6 Å². The molecule has 1 aromatic carbocycles. The smallest absolute Gasteiger partial charge is 0.246 e. The molecule has 1 N–H and O–H groups in total. The fourth-order valence-corrected chi connectivity index (χ4v) is 1.91. The normalized spacial score (nSPS) is 16.2. The molecule has 0 radical (unpaired) electrons. The Kier molecular flexibility index (Phi) is 2.83. The van der Waals surface area contributed by atoms with E-state index in [1.54, 1.807) is 11.0 Å². The molecule has 5 heteroatoms. The Morgan fingerprint density at radius 2 is 1.88 bits per heavy atom. The first-order valence-corrected chi connectivity index (χ1v) is 5.28. The quantitative estimate of drug-likeness (QED) is 0.746. The van der Waals surface area contributed by atoms with E-state index in [4.69, 9.17) is 11.6 Å². The van der Waals surface area contributed by atoms with E-state index in [-0.39, 0.29) is 24.9 Å². The van der Waals surface area contributed by atoms with Gasteiger partial charge < -0.3 is 4.90 Å². The molecule has 16 heavy (non-hydrogen) atoms. The lowest BCUT2D eigenvalue weighted by Gasteiger charge is -2.28. The van der Waals surface area contributed by atoms with Crippen LogP contribution in [0.4, 0.5) is 5.69 Å². The van der Waals surface area contributed by atoms with E-state index in [0.717, 1.165) is 11.3 Å². The first kappa shape index (κ1) is 11.0. The van der Waals surface area contributed by atoms with E-state index >= 15 is 0 Å². The van der Waals surface area contributed by atoms with E-state index in [9.17, 15) is 9.59 Å². The highest BCUT2D eigenvalue weighted by atomic mass is 35.5. The molecular formula is C11H11ClN2O2. The Balaban J connectivity index is 2.32. The molecule has 1 aliphatic rings. The molecule has 0 saturated carbocycles. The summed E-state index contributed by atoms with van der Waals surface area (Å²) in [6.45, 7) is 2.26. The number of amides is 2. The van der Waals surface area contributed by atoms with E-state index in [0.29, 0.717) is 5.02 Å². The van der Waals surface area contributed by atoms with Crippen LogP contribution in [0, 0.1) is 6.92 Å². The maximum atomic E-state index is 11.2. The molecule has 2 rings (SSSR count). The first-order chi connectivity index (χ1) is 7.56. The van der Waals surface area contributed by atoms with Crippen molar-refractivity contribution in [2.24, 2.45) is 0 Å². The minimum absolute atomic E-state index is 0.162. The highest BCUT2D eigenvalue weighted by molar-refractivity contribution is 6.33. The second-order valence-electron chi connectivity index (χ2n) is 3.78. The van der Waals surface area contributed by atoms with Gasteiger partial charge in [0.05, 0.1) is 23.8 Å². The van der Waals surface area contributed by atoms with Gasteiger partial charge in [0.25, 0.3) is 0 Å². The van der Waals surface area contributed by atoms with Gasteiger partial charge in [-0.25, -0.2) is 0 Å². The number of hydrogen-bond acceptors (Lipinski definition) is 3. The summed E-state index contributed by atoms with van der Waals surface area (Å²) in [5.74, 6) is -0.595. The van der Waals surface area contributed by atoms with Gasteiger partial charge in [0, 0.05) is 0 Å². The summed E-state index contributed by atoms with van der Waals surface area (Å²) in [6.07, 6.45) is 0. The molecule has 2 amide bonds. The molecule has 1 fully saturated rings.